The normalized spacial score (nSPS) is 11.7. The summed E-state index contributed by atoms with van der Waals surface area (Å²) in [6.45, 7) is 1.61. The second-order valence-electron chi connectivity index (χ2n) is 3.87. The highest BCUT2D eigenvalue weighted by molar-refractivity contribution is 5.99. The molecule has 0 bridgehead atoms. The third-order valence-electron chi connectivity index (χ3n) is 2.21. The number of hydrogen-bond acceptors (Lipinski definition) is 4. The van der Waals surface area contributed by atoms with Crippen LogP contribution in [0.15, 0.2) is 18.3 Å². The molecule has 3 N–H and O–H groups in total. The molecule has 2 amide bonds. The van der Waals surface area contributed by atoms with Crippen molar-refractivity contribution in [1.29, 1.82) is 0 Å². The lowest BCUT2D eigenvalue weighted by Crippen LogP contribution is -2.44. The molecule has 92 valence electrons. The van der Waals surface area contributed by atoms with Crippen molar-refractivity contribution in [1.82, 2.24) is 15.2 Å². The van der Waals surface area contributed by atoms with E-state index in [2.05, 4.69) is 10.3 Å². The Hall–Kier alpha value is -2.11. The average molecular weight is 236 g/mol. The van der Waals surface area contributed by atoms with E-state index in [-0.39, 0.29) is 17.3 Å². The number of carbonyl (C=O) groups excluding carboxylic acids is 2. The Labute approximate surface area is 99.8 Å². The highest BCUT2D eigenvalue weighted by Crippen LogP contribution is 2.06. The van der Waals surface area contributed by atoms with Crippen molar-refractivity contribution in [2.24, 2.45) is 0 Å². The first kappa shape index (κ1) is 13.0. The van der Waals surface area contributed by atoms with E-state index in [1.54, 1.807) is 33.2 Å². The molecule has 0 aliphatic carbocycles. The summed E-state index contributed by atoms with van der Waals surface area (Å²) in [5.41, 5.74) is 6.03. The third-order valence-corrected chi connectivity index (χ3v) is 2.21. The number of hydrogen-bond donors (Lipinski definition) is 2. The number of likely N-dealkylation sites (N-methyl/N-ethyl adjacent to an activating group) is 1. The molecule has 0 fully saturated rings. The van der Waals surface area contributed by atoms with E-state index in [0.29, 0.717) is 0 Å². The molecule has 1 unspecified atom stereocenters. The highest BCUT2D eigenvalue weighted by Gasteiger charge is 2.19. The van der Waals surface area contributed by atoms with Gasteiger partial charge in [-0.05, 0) is 19.1 Å². The molecule has 6 heteroatoms. The number of aromatic nitrogens is 1. The van der Waals surface area contributed by atoms with Crippen LogP contribution in [0.3, 0.4) is 0 Å². The molecule has 1 aromatic heterocycles. The lowest BCUT2D eigenvalue weighted by atomic mass is 10.2. The Morgan fingerprint density at radius 1 is 1.47 bits per heavy atom. The van der Waals surface area contributed by atoms with Crippen LogP contribution >= 0.6 is 0 Å². The molecule has 0 aliphatic heterocycles. The molecule has 1 aromatic rings. The lowest BCUT2D eigenvalue weighted by molar-refractivity contribution is -0.130. The third kappa shape index (κ3) is 3.17. The monoisotopic (exact) mass is 236 g/mol. The molecular weight excluding hydrogens is 220 g/mol. The maximum absolute atomic E-state index is 11.8. The van der Waals surface area contributed by atoms with Crippen molar-refractivity contribution in [3.05, 3.63) is 24.0 Å². The van der Waals surface area contributed by atoms with Gasteiger partial charge in [0, 0.05) is 20.3 Å². The zero-order valence-corrected chi connectivity index (χ0v) is 10.1. The molecule has 0 spiro atoms. The molecule has 6 nitrogen and oxygen atoms in total. The number of anilines is 1. The van der Waals surface area contributed by atoms with Crippen LogP contribution in [0, 0.1) is 0 Å². The molecule has 0 saturated heterocycles. The Morgan fingerprint density at radius 3 is 2.65 bits per heavy atom. The molecule has 0 saturated carbocycles. The van der Waals surface area contributed by atoms with Gasteiger partial charge < -0.3 is 16.0 Å². The van der Waals surface area contributed by atoms with Crippen molar-refractivity contribution < 1.29 is 9.59 Å². The second-order valence-corrected chi connectivity index (χ2v) is 3.87. The number of carbonyl (C=O) groups is 2. The fraction of sp³-hybridized carbons (Fsp3) is 0.364. The first-order valence-electron chi connectivity index (χ1n) is 5.16. The number of nitrogen functional groups attached to an aromatic ring is 1. The maximum atomic E-state index is 11.8. The van der Waals surface area contributed by atoms with Crippen molar-refractivity contribution in [2.45, 2.75) is 13.0 Å². The summed E-state index contributed by atoms with van der Waals surface area (Å²) in [5.74, 6) is -0.640. The SMILES string of the molecule is CC(NC(=O)c1ncccc1N)C(=O)N(C)C. The fourth-order valence-corrected chi connectivity index (χ4v) is 1.32. The Kier molecular flexibility index (Phi) is 4.03. The average Bonchev–Trinajstić information content (AvgIpc) is 2.28. The van der Waals surface area contributed by atoms with Crippen LogP contribution in [0.4, 0.5) is 5.69 Å². The molecule has 1 rings (SSSR count). The molecular formula is C11H16N4O2. The van der Waals surface area contributed by atoms with Gasteiger partial charge in [0.2, 0.25) is 5.91 Å². The van der Waals surface area contributed by atoms with Crippen molar-refractivity contribution in [3.63, 3.8) is 0 Å². The van der Waals surface area contributed by atoms with Gasteiger partial charge >= 0.3 is 0 Å². The number of nitrogens with two attached hydrogens (primary N) is 1. The second kappa shape index (κ2) is 5.29. The van der Waals surface area contributed by atoms with Crippen LogP contribution in [-0.2, 0) is 4.79 Å². The summed E-state index contributed by atoms with van der Waals surface area (Å²) in [6.07, 6.45) is 1.48. The van der Waals surface area contributed by atoms with Gasteiger partial charge in [-0.3, -0.25) is 9.59 Å². The van der Waals surface area contributed by atoms with Crippen LogP contribution in [0.5, 0.6) is 0 Å². The molecule has 1 atom stereocenters. The van der Waals surface area contributed by atoms with Crippen molar-refractivity contribution in [3.8, 4) is 0 Å². The minimum atomic E-state index is -0.612. The summed E-state index contributed by atoms with van der Waals surface area (Å²) in [6, 6.07) is 2.61. The van der Waals surface area contributed by atoms with Gasteiger partial charge in [-0.25, -0.2) is 4.98 Å². The van der Waals surface area contributed by atoms with Crippen LogP contribution in [0.1, 0.15) is 17.4 Å². The maximum Gasteiger partial charge on any atom is 0.272 e. The van der Waals surface area contributed by atoms with Gasteiger partial charge in [-0.15, -0.1) is 0 Å². The summed E-state index contributed by atoms with van der Waals surface area (Å²) >= 11 is 0. The zero-order valence-electron chi connectivity index (χ0n) is 10.1. The van der Waals surface area contributed by atoms with E-state index in [1.807, 2.05) is 0 Å². The number of nitrogens with one attached hydrogen (secondary N) is 1. The van der Waals surface area contributed by atoms with Gasteiger partial charge in [-0.1, -0.05) is 0 Å². The van der Waals surface area contributed by atoms with E-state index in [0.717, 1.165) is 0 Å². The minimum Gasteiger partial charge on any atom is -0.397 e. The fourth-order valence-electron chi connectivity index (χ4n) is 1.32. The molecule has 1 heterocycles. The molecule has 0 radical (unpaired) electrons. The van der Waals surface area contributed by atoms with Crippen LogP contribution in [0.2, 0.25) is 0 Å². The molecule has 0 aromatic carbocycles. The summed E-state index contributed by atoms with van der Waals surface area (Å²) < 4.78 is 0. The van der Waals surface area contributed by atoms with Gasteiger partial charge in [0.15, 0.2) is 5.69 Å². The van der Waals surface area contributed by atoms with E-state index in [1.165, 1.54) is 11.1 Å². The number of amides is 2. The van der Waals surface area contributed by atoms with Gasteiger partial charge in [-0.2, -0.15) is 0 Å². The Morgan fingerprint density at radius 2 is 2.12 bits per heavy atom. The smallest absolute Gasteiger partial charge is 0.272 e. The van der Waals surface area contributed by atoms with Gasteiger partial charge in [0.05, 0.1) is 5.69 Å². The molecule has 0 aliphatic rings. The largest absolute Gasteiger partial charge is 0.397 e. The first-order chi connectivity index (χ1) is 7.93. The standard InChI is InChI=1S/C11H16N4O2/c1-7(11(17)15(2)3)14-10(16)9-8(12)5-4-6-13-9/h4-7H,12H2,1-3H3,(H,14,16). The lowest BCUT2D eigenvalue weighted by Gasteiger charge is -2.17. The summed E-state index contributed by atoms with van der Waals surface area (Å²) in [5, 5.41) is 2.55. The van der Waals surface area contributed by atoms with E-state index in [9.17, 15) is 9.59 Å². The highest BCUT2D eigenvalue weighted by atomic mass is 16.2. The quantitative estimate of drug-likeness (QED) is 0.765. The van der Waals surface area contributed by atoms with E-state index < -0.39 is 11.9 Å². The van der Waals surface area contributed by atoms with Gasteiger partial charge in [0.25, 0.3) is 5.91 Å². The zero-order chi connectivity index (χ0) is 13.0. The van der Waals surface area contributed by atoms with Crippen LogP contribution < -0.4 is 11.1 Å². The minimum absolute atomic E-state index is 0.130. The number of nitrogens with zero attached hydrogens (tertiary/aromatic N) is 2. The predicted octanol–water partition coefficient (Wildman–Crippen LogP) is -0.130. The van der Waals surface area contributed by atoms with Crippen LogP contribution in [0.25, 0.3) is 0 Å². The first-order valence-corrected chi connectivity index (χ1v) is 5.16. The Balaban J connectivity index is 2.74. The van der Waals surface area contributed by atoms with Crippen molar-refractivity contribution in [2.75, 3.05) is 19.8 Å². The predicted molar refractivity (Wildman–Crippen MR) is 64.3 cm³/mol. The number of rotatable bonds is 3. The van der Waals surface area contributed by atoms with E-state index in [4.69, 9.17) is 5.73 Å². The van der Waals surface area contributed by atoms with Crippen LogP contribution in [-0.4, -0.2) is 41.8 Å². The number of pyridine rings is 1. The van der Waals surface area contributed by atoms with E-state index >= 15 is 0 Å². The van der Waals surface area contributed by atoms with Crippen molar-refractivity contribution >= 4 is 17.5 Å². The topological polar surface area (TPSA) is 88.3 Å². The summed E-state index contributed by atoms with van der Waals surface area (Å²) in [4.78, 5) is 28.6. The van der Waals surface area contributed by atoms with Gasteiger partial charge in [0.1, 0.15) is 6.04 Å². The molecule has 17 heavy (non-hydrogen) atoms. The summed E-state index contributed by atoms with van der Waals surface area (Å²) in [7, 11) is 3.25. The Bertz CT molecular complexity index is 431.